The summed E-state index contributed by atoms with van der Waals surface area (Å²) in [6.45, 7) is 8.88. The number of aldehydes is 1. The number of benzene rings is 2. The van der Waals surface area contributed by atoms with Crippen LogP contribution in [0.15, 0.2) is 46.6 Å². The highest BCUT2D eigenvalue weighted by atomic mass is 32.2. The molecule has 7 heteroatoms. The molecule has 2 aromatic rings. The summed E-state index contributed by atoms with van der Waals surface area (Å²) in [5.74, 6) is 1.33. The van der Waals surface area contributed by atoms with Crippen molar-refractivity contribution >= 4 is 29.8 Å². The number of nitrogens with zero attached hydrogens (tertiary/aromatic N) is 3. The number of hydrogen-bond acceptors (Lipinski definition) is 7. The summed E-state index contributed by atoms with van der Waals surface area (Å²) in [7, 11) is 3.75. The molecule has 0 heterocycles. The molecule has 176 valence electrons. The highest BCUT2D eigenvalue weighted by Gasteiger charge is 2.18. The van der Waals surface area contributed by atoms with Crippen molar-refractivity contribution in [3.63, 3.8) is 0 Å². The Morgan fingerprint density at radius 3 is 2.61 bits per heavy atom. The predicted molar refractivity (Wildman–Crippen MR) is 139 cm³/mol. The van der Waals surface area contributed by atoms with Crippen molar-refractivity contribution in [3.8, 4) is 11.8 Å². The molecule has 1 N–H and O–H groups in total. The van der Waals surface area contributed by atoms with Gasteiger partial charge in [0.25, 0.3) is 0 Å². The quantitative estimate of drug-likeness (QED) is 0.275. The molecule has 1 aliphatic carbocycles. The van der Waals surface area contributed by atoms with Crippen LogP contribution in [0.4, 0.5) is 0 Å². The zero-order valence-corrected chi connectivity index (χ0v) is 21.0. The van der Waals surface area contributed by atoms with Crippen LogP contribution < -0.4 is 10.1 Å². The van der Waals surface area contributed by atoms with Crippen molar-refractivity contribution in [2.24, 2.45) is 10.2 Å². The minimum Gasteiger partial charge on any atom is -0.490 e. The first-order chi connectivity index (χ1) is 15.9. The number of fused-ring (bicyclic) bond motifs is 1. The highest BCUT2D eigenvalue weighted by Crippen LogP contribution is 2.30. The maximum absolute atomic E-state index is 9.42. The molecule has 0 atom stereocenters. The van der Waals surface area contributed by atoms with Gasteiger partial charge in [0.15, 0.2) is 0 Å². The summed E-state index contributed by atoms with van der Waals surface area (Å²) >= 11 is 1.62. The molecule has 33 heavy (non-hydrogen) atoms. The highest BCUT2D eigenvalue weighted by molar-refractivity contribution is 8.13. The smallest absolute Gasteiger partial charge is 0.137 e. The molecule has 0 fully saturated rings. The van der Waals surface area contributed by atoms with Gasteiger partial charge < -0.3 is 14.8 Å². The lowest BCUT2D eigenvalue weighted by Gasteiger charge is -2.13. The molecule has 0 spiro atoms. The fourth-order valence-electron chi connectivity index (χ4n) is 3.31. The first kappa shape index (κ1) is 28.1. The normalized spacial score (nSPS) is 11.8. The van der Waals surface area contributed by atoms with Gasteiger partial charge in [-0.25, -0.2) is 0 Å². The van der Waals surface area contributed by atoms with E-state index in [-0.39, 0.29) is 6.10 Å². The van der Waals surface area contributed by atoms with E-state index in [1.807, 2.05) is 46.1 Å². The predicted octanol–water partition coefficient (Wildman–Crippen LogP) is 5.17. The molecule has 2 aromatic carbocycles. The number of rotatable bonds is 6. The third kappa shape index (κ3) is 9.21. The third-order valence-electron chi connectivity index (χ3n) is 4.44. The number of aryl methyl sites for hydroxylation is 1. The van der Waals surface area contributed by atoms with Crippen molar-refractivity contribution in [1.82, 2.24) is 5.32 Å². The van der Waals surface area contributed by atoms with Crippen LogP contribution in [0.25, 0.3) is 0 Å². The van der Waals surface area contributed by atoms with E-state index in [4.69, 9.17) is 9.53 Å². The van der Waals surface area contributed by atoms with Gasteiger partial charge in [-0.1, -0.05) is 36.0 Å². The molecule has 0 bridgehead atoms. The standard InChI is InChI=1S/C22H23N3OS.C2H7N.C2H4O/c1-15(2)26-21-11-10-16(12-18(21)13-23)14-27-22(25-24-3)20-9-5-7-17-6-4-8-19(17)20;1-3-2;1-2-3/h5,7,9-12,15H,3-4,6,8,14H2,1-2H3;3H,1-2H3;2H,1H3/b25-22-;;. The summed E-state index contributed by atoms with van der Waals surface area (Å²) in [5.41, 5.74) is 5.56. The van der Waals surface area contributed by atoms with Crippen LogP contribution in [-0.4, -0.2) is 38.2 Å². The zero-order chi connectivity index (χ0) is 24.6. The lowest BCUT2D eigenvalue weighted by Crippen LogP contribution is -2.07. The Hall–Kier alpha value is -2.95. The second kappa shape index (κ2) is 15.8. The van der Waals surface area contributed by atoms with E-state index in [2.05, 4.69) is 46.5 Å². The lowest BCUT2D eigenvalue weighted by molar-refractivity contribution is -0.106. The summed E-state index contributed by atoms with van der Waals surface area (Å²) in [4.78, 5) is 8.81. The van der Waals surface area contributed by atoms with Crippen molar-refractivity contribution in [1.29, 1.82) is 5.26 Å². The van der Waals surface area contributed by atoms with Crippen LogP contribution in [0.2, 0.25) is 0 Å². The van der Waals surface area contributed by atoms with Gasteiger partial charge in [0.2, 0.25) is 0 Å². The number of thioether (sulfide) groups is 1. The Balaban J connectivity index is 0.000000819. The second-order valence-electron chi connectivity index (χ2n) is 7.48. The van der Waals surface area contributed by atoms with Gasteiger partial charge in [-0.2, -0.15) is 10.4 Å². The monoisotopic (exact) mass is 466 g/mol. The van der Waals surface area contributed by atoms with Crippen LogP contribution in [-0.2, 0) is 23.4 Å². The molecule has 0 aliphatic heterocycles. The fraction of sp³-hybridized carbons (Fsp3) is 0.385. The van der Waals surface area contributed by atoms with Gasteiger partial charge in [0, 0.05) is 18.0 Å². The van der Waals surface area contributed by atoms with Crippen molar-refractivity contribution in [3.05, 3.63) is 64.2 Å². The molecule has 0 saturated heterocycles. The topological polar surface area (TPSA) is 86.8 Å². The van der Waals surface area contributed by atoms with Crippen molar-refractivity contribution < 1.29 is 9.53 Å². The summed E-state index contributed by atoms with van der Waals surface area (Å²) in [6.07, 6.45) is 4.19. The average Bonchev–Trinajstić information content (AvgIpc) is 3.27. The Kier molecular flexibility index (Phi) is 13.4. The Morgan fingerprint density at radius 1 is 1.30 bits per heavy atom. The first-order valence-electron chi connectivity index (χ1n) is 10.9. The Bertz CT molecular complexity index is 981. The zero-order valence-electron chi connectivity index (χ0n) is 20.2. The van der Waals surface area contributed by atoms with E-state index in [0.29, 0.717) is 17.1 Å². The SMILES string of the molecule is C=N/N=C(\SCc1ccc(OC(C)C)c(C#N)c1)c1cccc2c1CCC2.CC=O.CNC. The summed E-state index contributed by atoms with van der Waals surface area (Å²) < 4.78 is 5.70. The van der Waals surface area contributed by atoms with E-state index in [9.17, 15) is 5.26 Å². The van der Waals surface area contributed by atoms with E-state index in [1.165, 1.54) is 24.5 Å². The number of carbonyl (C=O) groups excluding carboxylic acids is 1. The van der Waals surface area contributed by atoms with Gasteiger partial charge in [-0.05, 0) is 83.0 Å². The Morgan fingerprint density at radius 2 is 2.00 bits per heavy atom. The molecule has 0 radical (unpaired) electrons. The molecule has 0 saturated carbocycles. The molecule has 3 rings (SSSR count). The molecule has 0 aromatic heterocycles. The molecule has 0 amide bonds. The van der Waals surface area contributed by atoms with Crippen LogP contribution in [0.1, 0.15) is 55.0 Å². The summed E-state index contributed by atoms with van der Waals surface area (Å²) in [6, 6.07) is 14.4. The van der Waals surface area contributed by atoms with Crippen molar-refractivity contribution in [2.45, 2.75) is 51.9 Å². The number of carbonyl (C=O) groups is 1. The molecule has 1 aliphatic rings. The minimum atomic E-state index is 0.0369. The Labute approximate surface area is 202 Å². The van der Waals surface area contributed by atoms with E-state index in [1.54, 1.807) is 11.8 Å². The molecular weight excluding hydrogens is 432 g/mol. The maximum Gasteiger partial charge on any atom is 0.137 e. The minimum absolute atomic E-state index is 0.0369. The maximum atomic E-state index is 9.42. The van der Waals surface area contributed by atoms with Crippen LogP contribution in [0.5, 0.6) is 5.75 Å². The number of nitrogens with one attached hydrogen (secondary N) is 1. The third-order valence-corrected chi connectivity index (χ3v) is 5.49. The van der Waals surface area contributed by atoms with Gasteiger partial charge in [0.05, 0.1) is 11.7 Å². The van der Waals surface area contributed by atoms with Gasteiger partial charge in [-0.15, -0.1) is 5.10 Å². The van der Waals surface area contributed by atoms with E-state index < -0.39 is 0 Å². The van der Waals surface area contributed by atoms with Crippen LogP contribution >= 0.6 is 11.8 Å². The largest absolute Gasteiger partial charge is 0.490 e. The van der Waals surface area contributed by atoms with Crippen molar-refractivity contribution in [2.75, 3.05) is 14.1 Å². The molecule has 0 unspecified atom stereocenters. The lowest BCUT2D eigenvalue weighted by atomic mass is 10.0. The average molecular weight is 467 g/mol. The molecule has 6 nitrogen and oxygen atoms in total. The van der Waals surface area contributed by atoms with Gasteiger partial charge in [0.1, 0.15) is 23.1 Å². The number of nitriles is 1. The van der Waals surface area contributed by atoms with Gasteiger partial charge >= 0.3 is 0 Å². The fourth-order valence-corrected chi connectivity index (χ4v) is 4.25. The number of hydrogen-bond donors (Lipinski definition) is 1. The number of ether oxygens (including phenoxy) is 1. The van der Waals surface area contributed by atoms with E-state index >= 15 is 0 Å². The van der Waals surface area contributed by atoms with Crippen LogP contribution in [0, 0.1) is 11.3 Å². The summed E-state index contributed by atoms with van der Waals surface area (Å²) in [5, 5.41) is 21.1. The van der Waals surface area contributed by atoms with Gasteiger partial charge in [-0.3, -0.25) is 0 Å². The first-order valence-corrected chi connectivity index (χ1v) is 11.9. The second-order valence-corrected chi connectivity index (χ2v) is 8.44. The molecular formula is C26H34N4O2S. The van der Waals surface area contributed by atoms with E-state index in [0.717, 1.165) is 35.3 Å². The van der Waals surface area contributed by atoms with Crippen LogP contribution in [0.3, 0.4) is 0 Å².